The number of carbonyl (C=O) groups excluding carboxylic acids is 3. The summed E-state index contributed by atoms with van der Waals surface area (Å²) in [6.45, 7) is 5.14. The van der Waals surface area contributed by atoms with Crippen LogP contribution in [0.1, 0.15) is 27.2 Å². The minimum atomic E-state index is -4.64. The van der Waals surface area contributed by atoms with E-state index < -0.39 is 33.1 Å². The van der Waals surface area contributed by atoms with Gasteiger partial charge in [-0.25, -0.2) is 0 Å². The summed E-state index contributed by atoms with van der Waals surface area (Å²) in [5, 5.41) is 0.775. The second kappa shape index (κ2) is 7.01. The smallest absolute Gasteiger partial charge is 0.277 e. The van der Waals surface area contributed by atoms with E-state index in [4.69, 9.17) is 0 Å². The summed E-state index contributed by atoms with van der Waals surface area (Å²) in [4.78, 5) is 35.6. The SMILES string of the molecule is CC(C)C(C)NC(=O)[C@@H](CCN1C(=O)C=CC1=O)S(=O)(=O)O. The molecule has 1 rings (SSSR count). The van der Waals surface area contributed by atoms with E-state index in [0.29, 0.717) is 0 Å². The molecule has 2 N–H and O–H groups in total. The molecule has 1 unspecified atom stereocenters. The van der Waals surface area contributed by atoms with Gasteiger partial charge in [-0.05, 0) is 19.3 Å². The van der Waals surface area contributed by atoms with Gasteiger partial charge >= 0.3 is 0 Å². The molecule has 0 saturated carbocycles. The molecule has 9 heteroatoms. The van der Waals surface area contributed by atoms with E-state index in [1.807, 2.05) is 13.8 Å². The van der Waals surface area contributed by atoms with Crippen molar-refractivity contribution in [1.29, 1.82) is 0 Å². The standard InChI is InChI=1S/C13H20N2O6S/c1-8(2)9(3)14-13(18)10(22(19,20)21)6-7-15-11(16)4-5-12(15)17/h4-5,8-10H,6-7H2,1-3H3,(H,14,18)(H,19,20,21)/t9?,10-/m1/s1. The van der Waals surface area contributed by atoms with Gasteiger partial charge < -0.3 is 5.32 Å². The van der Waals surface area contributed by atoms with Gasteiger partial charge in [0.05, 0.1) is 0 Å². The number of nitrogens with zero attached hydrogens (tertiary/aromatic N) is 1. The fraction of sp³-hybridized carbons (Fsp3) is 0.615. The molecule has 1 heterocycles. The Morgan fingerprint density at radius 3 is 2.14 bits per heavy atom. The Morgan fingerprint density at radius 1 is 1.23 bits per heavy atom. The number of amides is 3. The van der Waals surface area contributed by atoms with Crippen molar-refractivity contribution in [3.63, 3.8) is 0 Å². The first-order valence-corrected chi connectivity index (χ1v) is 8.34. The average Bonchev–Trinajstić information content (AvgIpc) is 2.68. The van der Waals surface area contributed by atoms with E-state index in [-0.39, 0.29) is 24.9 Å². The third-order valence-electron chi connectivity index (χ3n) is 3.54. The predicted molar refractivity (Wildman–Crippen MR) is 78.3 cm³/mol. The quantitative estimate of drug-likeness (QED) is 0.488. The van der Waals surface area contributed by atoms with Crippen LogP contribution >= 0.6 is 0 Å². The van der Waals surface area contributed by atoms with Crippen molar-refractivity contribution in [2.45, 2.75) is 38.5 Å². The highest BCUT2D eigenvalue weighted by Gasteiger charge is 2.34. The minimum Gasteiger partial charge on any atom is -0.352 e. The maximum Gasteiger partial charge on any atom is 0.277 e. The average molecular weight is 332 g/mol. The number of rotatable bonds is 7. The van der Waals surface area contributed by atoms with Crippen molar-refractivity contribution in [3.8, 4) is 0 Å². The van der Waals surface area contributed by atoms with E-state index in [2.05, 4.69) is 5.32 Å². The van der Waals surface area contributed by atoms with Crippen molar-refractivity contribution in [3.05, 3.63) is 12.2 Å². The van der Waals surface area contributed by atoms with Crippen molar-refractivity contribution in [1.82, 2.24) is 10.2 Å². The molecule has 0 aromatic rings. The highest BCUT2D eigenvalue weighted by molar-refractivity contribution is 7.87. The zero-order valence-corrected chi connectivity index (χ0v) is 13.5. The lowest BCUT2D eigenvalue weighted by molar-refractivity contribution is -0.137. The van der Waals surface area contributed by atoms with Crippen LogP contribution in [0.5, 0.6) is 0 Å². The second-order valence-electron chi connectivity index (χ2n) is 5.50. The zero-order valence-electron chi connectivity index (χ0n) is 12.6. The molecular weight excluding hydrogens is 312 g/mol. The molecule has 0 saturated heterocycles. The molecule has 0 spiro atoms. The Hall–Kier alpha value is -1.74. The van der Waals surface area contributed by atoms with Crippen molar-refractivity contribution in [2.75, 3.05) is 6.54 Å². The fourth-order valence-electron chi connectivity index (χ4n) is 1.80. The predicted octanol–water partition coefficient (Wildman–Crippen LogP) is -0.281. The normalized spacial score (nSPS) is 18.0. The van der Waals surface area contributed by atoms with Gasteiger partial charge in [-0.3, -0.25) is 23.8 Å². The first-order chi connectivity index (χ1) is 10.0. The number of nitrogens with one attached hydrogen (secondary N) is 1. The van der Waals surface area contributed by atoms with Crippen molar-refractivity contribution < 1.29 is 27.4 Å². The summed E-state index contributed by atoms with van der Waals surface area (Å²) < 4.78 is 32.0. The molecule has 1 aliphatic rings. The third-order valence-corrected chi connectivity index (χ3v) is 4.71. The molecule has 0 bridgehead atoms. The summed E-state index contributed by atoms with van der Waals surface area (Å²) in [5.41, 5.74) is 0. The first kappa shape index (κ1) is 18.3. The molecule has 0 aromatic heterocycles. The van der Waals surface area contributed by atoms with Gasteiger partial charge in [-0.15, -0.1) is 0 Å². The number of imide groups is 1. The van der Waals surface area contributed by atoms with E-state index in [1.54, 1.807) is 6.92 Å². The topological polar surface area (TPSA) is 121 Å². The summed E-state index contributed by atoms with van der Waals surface area (Å²) in [5.74, 6) is -1.92. The first-order valence-electron chi connectivity index (χ1n) is 6.84. The molecule has 2 atom stereocenters. The molecule has 22 heavy (non-hydrogen) atoms. The van der Waals surface area contributed by atoms with Gasteiger partial charge in [-0.1, -0.05) is 13.8 Å². The molecular formula is C13H20N2O6S. The van der Waals surface area contributed by atoms with Crippen LogP contribution in [-0.2, 0) is 24.5 Å². The maximum atomic E-state index is 12.0. The second-order valence-corrected chi connectivity index (χ2v) is 7.09. The lowest BCUT2D eigenvalue weighted by Crippen LogP contribution is -2.46. The number of hydrogen-bond donors (Lipinski definition) is 2. The molecule has 0 fully saturated rings. The van der Waals surface area contributed by atoms with Crippen molar-refractivity contribution >= 4 is 27.8 Å². The van der Waals surface area contributed by atoms with E-state index in [1.165, 1.54) is 0 Å². The van der Waals surface area contributed by atoms with E-state index in [9.17, 15) is 27.4 Å². The third kappa shape index (κ3) is 4.63. The Balaban J connectivity index is 2.76. The van der Waals surface area contributed by atoms with Crippen LogP contribution in [0.4, 0.5) is 0 Å². The molecule has 0 aliphatic carbocycles. The molecule has 1 aliphatic heterocycles. The highest BCUT2D eigenvalue weighted by atomic mass is 32.2. The molecule has 8 nitrogen and oxygen atoms in total. The number of hydrogen-bond acceptors (Lipinski definition) is 5. The van der Waals surface area contributed by atoms with E-state index >= 15 is 0 Å². The zero-order chi connectivity index (χ0) is 17.1. The Bertz CT molecular complexity index is 578. The summed E-state index contributed by atoms with van der Waals surface area (Å²) in [7, 11) is -4.64. The minimum absolute atomic E-state index is 0.0805. The molecule has 0 aromatic carbocycles. The molecule has 0 radical (unpaired) electrons. The van der Waals surface area contributed by atoms with Crippen molar-refractivity contribution in [2.24, 2.45) is 5.92 Å². The van der Waals surface area contributed by atoms with Crippen LogP contribution in [0.2, 0.25) is 0 Å². The van der Waals surface area contributed by atoms with Crippen LogP contribution in [0.25, 0.3) is 0 Å². The summed E-state index contributed by atoms with van der Waals surface area (Å²) in [6, 6.07) is -0.284. The summed E-state index contributed by atoms with van der Waals surface area (Å²) >= 11 is 0. The van der Waals surface area contributed by atoms with Crippen LogP contribution in [0, 0.1) is 5.92 Å². The van der Waals surface area contributed by atoms with Crippen LogP contribution in [0.3, 0.4) is 0 Å². The fourth-order valence-corrected chi connectivity index (χ4v) is 2.54. The van der Waals surface area contributed by atoms with Crippen LogP contribution < -0.4 is 5.32 Å². The van der Waals surface area contributed by atoms with Crippen LogP contribution in [0.15, 0.2) is 12.2 Å². The lowest BCUT2D eigenvalue weighted by Gasteiger charge is -2.22. The van der Waals surface area contributed by atoms with Gasteiger partial charge in [0, 0.05) is 24.7 Å². The Morgan fingerprint density at radius 2 is 1.73 bits per heavy atom. The van der Waals surface area contributed by atoms with Gasteiger partial charge in [0.2, 0.25) is 5.91 Å². The number of carbonyl (C=O) groups is 3. The Labute approximate surface area is 129 Å². The largest absolute Gasteiger partial charge is 0.352 e. The monoisotopic (exact) mass is 332 g/mol. The molecule has 3 amide bonds. The van der Waals surface area contributed by atoms with E-state index in [0.717, 1.165) is 17.1 Å². The Kier molecular flexibility index (Phi) is 5.84. The lowest BCUT2D eigenvalue weighted by atomic mass is 10.1. The van der Waals surface area contributed by atoms with Gasteiger partial charge in [0.15, 0.2) is 5.25 Å². The summed E-state index contributed by atoms with van der Waals surface area (Å²) in [6.07, 6.45) is 1.76. The van der Waals surface area contributed by atoms with Gasteiger partial charge in [0.25, 0.3) is 21.9 Å². The molecule has 124 valence electrons. The maximum absolute atomic E-state index is 12.0. The van der Waals surface area contributed by atoms with Gasteiger partial charge in [0.1, 0.15) is 0 Å². The highest BCUT2D eigenvalue weighted by Crippen LogP contribution is 2.11. The van der Waals surface area contributed by atoms with Gasteiger partial charge in [-0.2, -0.15) is 8.42 Å². The van der Waals surface area contributed by atoms with Crippen LogP contribution in [-0.4, -0.2) is 53.4 Å².